The fraction of sp³-hybridized carbons (Fsp3) is 0. The molecule has 0 fully saturated rings. The molecule has 7 heteroatoms. The number of nitrogens with zero attached hydrogens (tertiary/aromatic N) is 3. The number of hydrogen-bond donors (Lipinski definition) is 3. The summed E-state index contributed by atoms with van der Waals surface area (Å²) in [4.78, 5) is 14.0. The zero-order chi connectivity index (χ0) is 7.68. The zero-order valence-electron chi connectivity index (χ0n) is 5.77. The van der Waals surface area contributed by atoms with Crippen LogP contribution in [-0.2, 0) is 21.1 Å². The maximum absolute atomic E-state index is 8.40. The van der Waals surface area contributed by atoms with Gasteiger partial charge in [-0.05, 0) is 11.7 Å². The van der Waals surface area contributed by atoms with Crippen molar-refractivity contribution in [3.8, 4) is 0 Å². The Kier molecular flexibility index (Phi) is 2.73. The van der Waals surface area contributed by atoms with E-state index in [1.54, 1.807) is 5.48 Å². The molecule has 0 aromatic carbocycles. The number of H-pyrrole nitrogens is 1. The third-order valence-corrected chi connectivity index (χ3v) is 1.20. The van der Waals surface area contributed by atoms with Crippen LogP contribution >= 0.6 is 0 Å². The van der Waals surface area contributed by atoms with Crippen molar-refractivity contribution in [1.82, 2.24) is 19.9 Å². The number of fused-ring (bicyclic) bond motifs is 1. The van der Waals surface area contributed by atoms with Gasteiger partial charge in [-0.15, -0.1) is 0 Å². The first-order valence-corrected chi connectivity index (χ1v) is 2.89. The molecule has 2 aromatic heterocycles. The van der Waals surface area contributed by atoms with Gasteiger partial charge in [0.05, 0.1) is 12.0 Å². The molecule has 2 heterocycles. The zero-order valence-corrected chi connectivity index (χ0v) is 8.71. The van der Waals surface area contributed by atoms with Crippen molar-refractivity contribution in [3.05, 3.63) is 12.5 Å². The van der Waals surface area contributed by atoms with Crippen LogP contribution in [0.3, 0.4) is 0 Å². The van der Waals surface area contributed by atoms with Crippen molar-refractivity contribution in [2.24, 2.45) is 0 Å². The van der Waals surface area contributed by atoms with Gasteiger partial charge in [-0.1, -0.05) is 0 Å². The van der Waals surface area contributed by atoms with E-state index in [-0.39, 0.29) is 27.0 Å². The van der Waals surface area contributed by atoms with E-state index >= 15 is 0 Å². The van der Waals surface area contributed by atoms with Crippen molar-refractivity contribution in [2.45, 2.75) is 0 Å². The molecule has 0 aliphatic rings. The molecule has 3 N–H and O–H groups in total. The maximum atomic E-state index is 8.40. The van der Waals surface area contributed by atoms with E-state index in [1.165, 1.54) is 6.33 Å². The normalized spacial score (nSPS) is 9.42. The summed E-state index contributed by atoms with van der Waals surface area (Å²) in [6.07, 6.45) is 4.08. The van der Waals surface area contributed by atoms with E-state index in [1.807, 2.05) is 0 Å². The largest absolute Gasteiger partial charge is 0.365 e. The summed E-state index contributed by atoms with van der Waals surface area (Å²) in [5.74, 6) is 0.0876. The van der Waals surface area contributed by atoms with Crippen LogP contribution in [-0.4, -0.2) is 25.1 Å². The smallest absolute Gasteiger partial charge is 0.132 e. The summed E-state index contributed by atoms with van der Waals surface area (Å²) >= 11 is 0. The van der Waals surface area contributed by atoms with Crippen LogP contribution in [0.1, 0.15) is 0 Å². The number of nitrogens with one attached hydrogen (secondary N) is 2. The molecule has 0 amide bonds. The van der Waals surface area contributed by atoms with Crippen LogP contribution in [0.5, 0.6) is 0 Å². The summed E-state index contributed by atoms with van der Waals surface area (Å²) < 4.78 is 0. The molecule has 2 aromatic rings. The number of aromatic nitrogens is 4. The number of hydrogen-bond acceptors (Lipinski definition) is 5. The van der Waals surface area contributed by atoms with Crippen LogP contribution in [0, 0.1) is 6.20 Å². The molecule has 0 saturated carbocycles. The molecule has 0 unspecified atom stereocenters. The summed E-state index contributed by atoms with van der Waals surface area (Å²) in [6, 6.07) is 0. The summed E-state index contributed by atoms with van der Waals surface area (Å²) in [5, 5.41) is 8.40. The average molecular weight is 334 g/mol. The second kappa shape index (κ2) is 3.60. The first-order valence-electron chi connectivity index (χ1n) is 2.89. The molecule has 0 radical (unpaired) electrons. The second-order valence-corrected chi connectivity index (χ2v) is 1.87. The SMILES string of the molecule is ONc1n[c-]c2[nH]cnc2n1.[W]. The van der Waals surface area contributed by atoms with Gasteiger partial charge in [-0.2, -0.15) is 0 Å². The van der Waals surface area contributed by atoms with E-state index in [9.17, 15) is 0 Å². The minimum Gasteiger partial charge on any atom is -0.365 e. The Bertz CT molecular complexity index is 375. The maximum Gasteiger partial charge on any atom is 0.132 e. The monoisotopic (exact) mass is 334 g/mol. The summed E-state index contributed by atoms with van der Waals surface area (Å²) in [7, 11) is 0. The van der Waals surface area contributed by atoms with Crippen molar-refractivity contribution < 1.29 is 26.3 Å². The molecular formula is C5H4N5OW-. The molecule has 0 atom stereocenters. The van der Waals surface area contributed by atoms with E-state index in [0.29, 0.717) is 11.2 Å². The molecule has 12 heavy (non-hydrogen) atoms. The molecule has 2 rings (SSSR count). The van der Waals surface area contributed by atoms with Crippen LogP contribution < -0.4 is 5.48 Å². The third-order valence-electron chi connectivity index (χ3n) is 1.20. The van der Waals surface area contributed by atoms with E-state index in [4.69, 9.17) is 5.21 Å². The van der Waals surface area contributed by atoms with Gasteiger partial charge in [0.25, 0.3) is 0 Å². The van der Waals surface area contributed by atoms with Gasteiger partial charge in [-0.25, -0.2) is 0 Å². The number of rotatable bonds is 1. The summed E-state index contributed by atoms with van der Waals surface area (Å²) in [5.41, 5.74) is 2.89. The van der Waals surface area contributed by atoms with Gasteiger partial charge in [-0.3, -0.25) is 10.5 Å². The Hall–Kier alpha value is -1.00. The van der Waals surface area contributed by atoms with Gasteiger partial charge >= 0.3 is 0 Å². The van der Waals surface area contributed by atoms with Crippen LogP contribution in [0.2, 0.25) is 0 Å². The van der Waals surface area contributed by atoms with E-state index < -0.39 is 0 Å². The van der Waals surface area contributed by atoms with Crippen molar-refractivity contribution >= 4 is 17.1 Å². The Morgan fingerprint density at radius 1 is 1.58 bits per heavy atom. The fourth-order valence-electron chi connectivity index (χ4n) is 0.738. The van der Waals surface area contributed by atoms with Crippen molar-refractivity contribution in [3.63, 3.8) is 0 Å². The second-order valence-electron chi connectivity index (χ2n) is 1.87. The first kappa shape index (κ1) is 9.09. The Morgan fingerprint density at radius 2 is 2.42 bits per heavy atom. The molecule has 0 aliphatic heterocycles. The Morgan fingerprint density at radius 3 is 3.17 bits per heavy atom. The molecule has 62 valence electrons. The van der Waals surface area contributed by atoms with Gasteiger partial charge in [0, 0.05) is 21.1 Å². The Balaban J connectivity index is 0.000000720. The third kappa shape index (κ3) is 1.44. The average Bonchev–Trinajstić information content (AvgIpc) is 2.50. The molecular weight excluding hydrogens is 330 g/mol. The van der Waals surface area contributed by atoms with Crippen molar-refractivity contribution in [1.29, 1.82) is 0 Å². The number of anilines is 1. The van der Waals surface area contributed by atoms with Gasteiger partial charge in [0.1, 0.15) is 5.95 Å². The predicted octanol–water partition coefficient (Wildman–Crippen LogP) is -0.0483. The molecule has 6 nitrogen and oxygen atoms in total. The fourth-order valence-corrected chi connectivity index (χ4v) is 0.738. The van der Waals surface area contributed by atoms with E-state index in [0.717, 1.165) is 0 Å². The van der Waals surface area contributed by atoms with Crippen LogP contribution in [0.4, 0.5) is 5.95 Å². The standard InChI is InChI=1S/C5H4N5O.W/c11-10-5-6-1-3-4(9-5)8-2-7-3;/h2,11H,(H2,6,7,8,9,10);/q-1;. The van der Waals surface area contributed by atoms with E-state index in [2.05, 4.69) is 26.1 Å². The van der Waals surface area contributed by atoms with Crippen LogP contribution in [0.25, 0.3) is 11.2 Å². The number of imidazole rings is 1. The number of aromatic amines is 1. The minimum absolute atomic E-state index is 0. The van der Waals surface area contributed by atoms with Gasteiger partial charge in [0.15, 0.2) is 0 Å². The van der Waals surface area contributed by atoms with Gasteiger partial charge < -0.3 is 20.2 Å². The van der Waals surface area contributed by atoms with Crippen molar-refractivity contribution in [2.75, 3.05) is 5.48 Å². The quantitative estimate of drug-likeness (QED) is 0.503. The topological polar surface area (TPSA) is 86.7 Å². The molecule has 0 aliphatic carbocycles. The van der Waals surface area contributed by atoms with Crippen LogP contribution in [0.15, 0.2) is 6.33 Å². The van der Waals surface area contributed by atoms with Gasteiger partial charge in [0.2, 0.25) is 0 Å². The molecule has 0 saturated heterocycles. The summed E-state index contributed by atoms with van der Waals surface area (Å²) in [6.45, 7) is 0. The minimum atomic E-state index is 0. The molecule has 0 bridgehead atoms. The molecule has 0 spiro atoms. The predicted molar refractivity (Wildman–Crippen MR) is 35.9 cm³/mol. The first-order chi connectivity index (χ1) is 5.40. The Labute approximate surface area is 81.7 Å².